The second-order valence-electron chi connectivity index (χ2n) is 5.37. The highest BCUT2D eigenvalue weighted by molar-refractivity contribution is 5.86. The van der Waals surface area contributed by atoms with Crippen LogP contribution in [0.1, 0.15) is 32.1 Å². The van der Waals surface area contributed by atoms with Gasteiger partial charge in [-0.1, -0.05) is 6.08 Å². The third-order valence-corrected chi connectivity index (χ3v) is 4.09. The highest BCUT2D eigenvalue weighted by atomic mass is 16.5. The molecule has 18 heavy (non-hydrogen) atoms. The van der Waals surface area contributed by atoms with Gasteiger partial charge in [-0.2, -0.15) is 0 Å². The third kappa shape index (κ3) is 2.99. The number of rotatable bonds is 4. The second kappa shape index (κ2) is 5.95. The van der Waals surface area contributed by atoms with Crippen LogP contribution in [0.5, 0.6) is 0 Å². The Morgan fingerprint density at radius 3 is 2.83 bits per heavy atom. The van der Waals surface area contributed by atoms with Crippen LogP contribution in [0.25, 0.3) is 0 Å². The summed E-state index contributed by atoms with van der Waals surface area (Å²) in [6.07, 6.45) is 5.67. The molecule has 0 saturated carbocycles. The predicted octanol–water partition coefficient (Wildman–Crippen LogP) is 1.43. The molecule has 0 aromatic carbocycles. The third-order valence-electron chi connectivity index (χ3n) is 4.09. The Labute approximate surface area is 109 Å². The molecular weight excluding hydrogens is 230 g/mol. The molecule has 2 fully saturated rings. The molecule has 1 spiro atoms. The highest BCUT2D eigenvalue weighted by Gasteiger charge is 2.41. The quantitative estimate of drug-likeness (QED) is 0.770. The molecule has 0 aromatic rings. The van der Waals surface area contributed by atoms with Gasteiger partial charge in [-0.25, -0.2) is 0 Å². The lowest BCUT2D eigenvalue weighted by Gasteiger charge is -2.43. The van der Waals surface area contributed by atoms with Crippen LogP contribution in [0.15, 0.2) is 12.7 Å². The molecule has 0 aromatic heterocycles. The molecule has 4 nitrogen and oxygen atoms in total. The summed E-state index contributed by atoms with van der Waals surface area (Å²) in [5, 5.41) is 0. The molecule has 4 heteroatoms. The molecule has 2 unspecified atom stereocenters. The number of nitrogens with two attached hydrogens (primary N) is 1. The van der Waals surface area contributed by atoms with Crippen molar-refractivity contribution >= 4 is 5.78 Å². The number of carbonyl (C=O) groups excluding carboxylic acids is 1. The summed E-state index contributed by atoms with van der Waals surface area (Å²) in [6.45, 7) is 5.77. The molecule has 2 N–H and O–H groups in total. The van der Waals surface area contributed by atoms with Gasteiger partial charge in [-0.15, -0.1) is 6.58 Å². The van der Waals surface area contributed by atoms with E-state index in [2.05, 4.69) is 6.58 Å². The van der Waals surface area contributed by atoms with Gasteiger partial charge in [0, 0.05) is 25.7 Å². The summed E-state index contributed by atoms with van der Waals surface area (Å²) < 4.78 is 11.3. The van der Waals surface area contributed by atoms with Gasteiger partial charge in [-0.3, -0.25) is 4.79 Å². The van der Waals surface area contributed by atoms with Gasteiger partial charge in [0.2, 0.25) is 0 Å². The Hall–Kier alpha value is -0.710. The van der Waals surface area contributed by atoms with Crippen LogP contribution in [-0.4, -0.2) is 37.2 Å². The minimum atomic E-state index is -0.400. The van der Waals surface area contributed by atoms with E-state index in [0.29, 0.717) is 13.0 Å². The summed E-state index contributed by atoms with van der Waals surface area (Å²) >= 11 is 0. The molecule has 2 heterocycles. The van der Waals surface area contributed by atoms with E-state index in [1.165, 1.54) is 0 Å². The number of carbonyl (C=O) groups is 1. The topological polar surface area (TPSA) is 61.6 Å². The normalized spacial score (nSPS) is 28.8. The highest BCUT2D eigenvalue weighted by Crippen LogP contribution is 2.37. The van der Waals surface area contributed by atoms with Gasteiger partial charge in [0.05, 0.1) is 11.6 Å². The lowest BCUT2D eigenvalue weighted by Crippen LogP contribution is -2.48. The standard InChI is InChI=1S/C14H23NO3/c1-2-3-12(15)13(16)11-4-7-18-14(10-11)5-8-17-9-6-14/h2,11-12H,1,3-10,15H2. The van der Waals surface area contributed by atoms with Gasteiger partial charge in [0.25, 0.3) is 0 Å². The Balaban J connectivity index is 1.97. The molecule has 2 aliphatic heterocycles. The number of ketones is 1. The van der Waals surface area contributed by atoms with E-state index in [1.54, 1.807) is 6.08 Å². The first-order valence-electron chi connectivity index (χ1n) is 6.79. The van der Waals surface area contributed by atoms with Crippen LogP contribution >= 0.6 is 0 Å². The van der Waals surface area contributed by atoms with Crippen molar-refractivity contribution in [3.05, 3.63) is 12.7 Å². The van der Waals surface area contributed by atoms with Crippen molar-refractivity contribution in [1.29, 1.82) is 0 Å². The van der Waals surface area contributed by atoms with Gasteiger partial charge in [-0.05, 0) is 32.1 Å². The first-order valence-corrected chi connectivity index (χ1v) is 6.79. The maximum absolute atomic E-state index is 12.3. The van der Waals surface area contributed by atoms with Crippen molar-refractivity contribution in [2.75, 3.05) is 19.8 Å². The molecule has 0 aliphatic carbocycles. The average molecular weight is 253 g/mol. The van der Waals surface area contributed by atoms with Gasteiger partial charge >= 0.3 is 0 Å². The number of hydrogen-bond acceptors (Lipinski definition) is 4. The Morgan fingerprint density at radius 2 is 2.17 bits per heavy atom. The minimum Gasteiger partial charge on any atom is -0.381 e. The van der Waals surface area contributed by atoms with Crippen LogP contribution < -0.4 is 5.73 Å². The fourth-order valence-corrected chi connectivity index (χ4v) is 2.96. The van der Waals surface area contributed by atoms with E-state index in [4.69, 9.17) is 15.2 Å². The van der Waals surface area contributed by atoms with Crippen LogP contribution in [0.4, 0.5) is 0 Å². The van der Waals surface area contributed by atoms with E-state index in [0.717, 1.165) is 38.9 Å². The SMILES string of the molecule is C=CCC(N)C(=O)C1CCOC2(CCOCC2)C1. The second-order valence-corrected chi connectivity index (χ2v) is 5.37. The smallest absolute Gasteiger partial charge is 0.153 e. The molecular formula is C14H23NO3. The van der Waals surface area contributed by atoms with E-state index < -0.39 is 6.04 Å². The lowest BCUT2D eigenvalue weighted by molar-refractivity contribution is -0.157. The largest absolute Gasteiger partial charge is 0.381 e. The van der Waals surface area contributed by atoms with Crippen molar-refractivity contribution < 1.29 is 14.3 Å². The molecule has 2 saturated heterocycles. The summed E-state index contributed by atoms with van der Waals surface area (Å²) in [6, 6.07) is -0.400. The molecule has 102 valence electrons. The summed E-state index contributed by atoms with van der Waals surface area (Å²) in [7, 11) is 0. The van der Waals surface area contributed by atoms with Crippen LogP contribution in [-0.2, 0) is 14.3 Å². The molecule has 2 atom stereocenters. The molecule has 0 bridgehead atoms. The Bertz CT molecular complexity index is 305. The van der Waals surface area contributed by atoms with E-state index in [9.17, 15) is 4.79 Å². The predicted molar refractivity (Wildman–Crippen MR) is 69.3 cm³/mol. The molecule has 2 rings (SSSR count). The van der Waals surface area contributed by atoms with Crippen LogP contribution in [0.3, 0.4) is 0 Å². The van der Waals surface area contributed by atoms with Gasteiger partial charge in [0.15, 0.2) is 5.78 Å². The zero-order chi connectivity index (χ0) is 13.0. The maximum atomic E-state index is 12.3. The number of ether oxygens (including phenoxy) is 2. The van der Waals surface area contributed by atoms with Crippen LogP contribution in [0, 0.1) is 5.92 Å². The summed E-state index contributed by atoms with van der Waals surface area (Å²) in [4.78, 5) is 12.3. The fourth-order valence-electron chi connectivity index (χ4n) is 2.96. The molecule has 0 amide bonds. The monoisotopic (exact) mass is 253 g/mol. The Morgan fingerprint density at radius 1 is 1.44 bits per heavy atom. The molecule has 0 radical (unpaired) electrons. The first-order chi connectivity index (χ1) is 8.67. The number of hydrogen-bond donors (Lipinski definition) is 1. The van der Waals surface area contributed by atoms with Gasteiger partial charge < -0.3 is 15.2 Å². The fraction of sp³-hybridized carbons (Fsp3) is 0.786. The zero-order valence-corrected chi connectivity index (χ0v) is 10.9. The zero-order valence-electron chi connectivity index (χ0n) is 10.9. The lowest BCUT2D eigenvalue weighted by atomic mass is 9.77. The van der Waals surface area contributed by atoms with E-state index in [1.807, 2.05) is 0 Å². The maximum Gasteiger partial charge on any atom is 0.153 e. The summed E-state index contributed by atoms with van der Waals surface area (Å²) in [5.41, 5.74) is 5.76. The van der Waals surface area contributed by atoms with Crippen molar-refractivity contribution in [3.8, 4) is 0 Å². The summed E-state index contributed by atoms with van der Waals surface area (Å²) in [5.74, 6) is 0.218. The van der Waals surface area contributed by atoms with Crippen molar-refractivity contribution in [1.82, 2.24) is 0 Å². The van der Waals surface area contributed by atoms with Crippen molar-refractivity contribution in [2.45, 2.75) is 43.7 Å². The Kier molecular flexibility index (Phi) is 4.54. The first kappa shape index (κ1) is 13.7. The van der Waals surface area contributed by atoms with Gasteiger partial charge in [0.1, 0.15) is 0 Å². The number of Topliss-reactive ketones (excluding diaryl/α,β-unsaturated/α-hetero) is 1. The van der Waals surface area contributed by atoms with Crippen molar-refractivity contribution in [2.24, 2.45) is 11.7 Å². The van der Waals surface area contributed by atoms with E-state index >= 15 is 0 Å². The van der Waals surface area contributed by atoms with E-state index in [-0.39, 0.29) is 17.3 Å². The molecule has 2 aliphatic rings. The van der Waals surface area contributed by atoms with Crippen LogP contribution in [0.2, 0.25) is 0 Å². The van der Waals surface area contributed by atoms with Crippen molar-refractivity contribution in [3.63, 3.8) is 0 Å². The average Bonchev–Trinajstić information content (AvgIpc) is 2.39. The minimum absolute atomic E-state index is 0.0480.